The molecule has 0 aliphatic heterocycles. The van der Waals surface area contributed by atoms with E-state index in [2.05, 4.69) is 9.69 Å². The summed E-state index contributed by atoms with van der Waals surface area (Å²) in [7, 11) is 0. The van der Waals surface area contributed by atoms with Crippen molar-refractivity contribution in [3.8, 4) is 0 Å². The molecular weight excluding hydrogens is 474 g/mol. The molecule has 8 nitrogen and oxygen atoms in total. The van der Waals surface area contributed by atoms with Crippen LogP contribution in [0.2, 0.25) is 5.02 Å². The highest BCUT2D eigenvalue weighted by Gasteiger charge is 2.36. The van der Waals surface area contributed by atoms with E-state index in [9.17, 15) is 14.4 Å². The SMILES string of the molecule is CC(C)(C)NC(=O)C(c1ccc(Cl)cc1)N(Cc1ccccc1)C(=O)c1snc(C(N)=O)c1N. The third kappa shape index (κ3) is 5.92. The molecule has 0 radical (unpaired) electrons. The van der Waals surface area contributed by atoms with E-state index in [0.29, 0.717) is 10.6 Å². The second-order valence-corrected chi connectivity index (χ2v) is 9.96. The number of nitrogen functional groups attached to an aromatic ring is 1. The third-order valence-corrected chi connectivity index (χ3v) is 5.96. The highest BCUT2D eigenvalue weighted by molar-refractivity contribution is 7.09. The van der Waals surface area contributed by atoms with Crippen LogP contribution in [0.4, 0.5) is 5.69 Å². The quantitative estimate of drug-likeness (QED) is 0.455. The Morgan fingerprint density at radius 1 is 1.09 bits per heavy atom. The molecule has 0 aliphatic rings. The molecule has 0 bridgehead atoms. The van der Waals surface area contributed by atoms with Gasteiger partial charge in [0.15, 0.2) is 5.69 Å². The predicted octanol–water partition coefficient (Wildman–Crippen LogP) is 3.78. The molecule has 1 aromatic heterocycles. The number of rotatable bonds is 7. The van der Waals surface area contributed by atoms with Crippen molar-refractivity contribution in [3.05, 3.63) is 81.3 Å². The molecule has 0 spiro atoms. The van der Waals surface area contributed by atoms with E-state index in [1.165, 1.54) is 4.90 Å². The first kappa shape index (κ1) is 25.2. The lowest BCUT2D eigenvalue weighted by Crippen LogP contribution is -2.49. The number of anilines is 1. The molecule has 3 rings (SSSR count). The summed E-state index contributed by atoms with van der Waals surface area (Å²) in [5.74, 6) is -1.75. The molecule has 1 unspecified atom stereocenters. The average Bonchev–Trinajstić information content (AvgIpc) is 3.15. The fraction of sp³-hybridized carbons (Fsp3) is 0.250. The number of nitrogens with zero attached hydrogens (tertiary/aromatic N) is 2. The Hall–Kier alpha value is -3.43. The number of hydrogen-bond acceptors (Lipinski definition) is 6. The first-order chi connectivity index (χ1) is 16.0. The van der Waals surface area contributed by atoms with Crippen molar-refractivity contribution in [1.29, 1.82) is 0 Å². The van der Waals surface area contributed by atoms with Gasteiger partial charge < -0.3 is 21.7 Å². The van der Waals surface area contributed by atoms with Crippen LogP contribution in [0.5, 0.6) is 0 Å². The summed E-state index contributed by atoms with van der Waals surface area (Å²) >= 11 is 6.85. The fourth-order valence-electron chi connectivity index (χ4n) is 3.38. The van der Waals surface area contributed by atoms with Gasteiger partial charge in [-0.15, -0.1) is 0 Å². The number of nitrogens with one attached hydrogen (secondary N) is 1. The minimum atomic E-state index is -1.01. The van der Waals surface area contributed by atoms with Crippen molar-refractivity contribution in [1.82, 2.24) is 14.6 Å². The summed E-state index contributed by atoms with van der Waals surface area (Å²) in [6.45, 7) is 5.67. The molecule has 2 aromatic carbocycles. The number of carbonyl (C=O) groups excluding carboxylic acids is 3. The van der Waals surface area contributed by atoms with Crippen LogP contribution in [-0.2, 0) is 11.3 Å². The second-order valence-electron chi connectivity index (χ2n) is 8.75. The van der Waals surface area contributed by atoms with Crippen molar-refractivity contribution >= 4 is 46.5 Å². The number of aromatic nitrogens is 1. The van der Waals surface area contributed by atoms with E-state index in [0.717, 1.165) is 17.1 Å². The Morgan fingerprint density at radius 3 is 2.24 bits per heavy atom. The van der Waals surface area contributed by atoms with Gasteiger partial charge in [0, 0.05) is 17.1 Å². The number of carbonyl (C=O) groups is 3. The van der Waals surface area contributed by atoms with Gasteiger partial charge in [-0.1, -0.05) is 54.1 Å². The molecular formula is C24H26ClN5O3S. The zero-order valence-corrected chi connectivity index (χ0v) is 20.6. The average molecular weight is 500 g/mol. The molecule has 178 valence electrons. The topological polar surface area (TPSA) is 131 Å². The van der Waals surface area contributed by atoms with Gasteiger partial charge in [-0.05, 0) is 55.6 Å². The summed E-state index contributed by atoms with van der Waals surface area (Å²) in [5, 5.41) is 3.46. The molecule has 0 fully saturated rings. The number of benzene rings is 2. The lowest BCUT2D eigenvalue weighted by atomic mass is 10.0. The summed E-state index contributed by atoms with van der Waals surface area (Å²) < 4.78 is 3.95. The van der Waals surface area contributed by atoms with Crippen molar-refractivity contribution in [2.24, 2.45) is 5.73 Å². The summed E-state index contributed by atoms with van der Waals surface area (Å²) in [6.07, 6.45) is 0. The van der Waals surface area contributed by atoms with Gasteiger partial charge >= 0.3 is 0 Å². The number of primary amides is 1. The van der Waals surface area contributed by atoms with Gasteiger partial charge in [0.05, 0.1) is 5.69 Å². The molecule has 1 atom stereocenters. The van der Waals surface area contributed by atoms with Gasteiger partial charge in [0.2, 0.25) is 5.91 Å². The molecule has 3 amide bonds. The molecule has 10 heteroatoms. The van der Waals surface area contributed by atoms with Crippen LogP contribution in [0.1, 0.15) is 58.1 Å². The molecule has 34 heavy (non-hydrogen) atoms. The lowest BCUT2D eigenvalue weighted by Gasteiger charge is -2.33. The van der Waals surface area contributed by atoms with Crippen LogP contribution < -0.4 is 16.8 Å². The number of hydrogen-bond donors (Lipinski definition) is 3. The minimum absolute atomic E-state index is 0.0345. The maximum absolute atomic E-state index is 13.8. The fourth-order valence-corrected chi connectivity index (χ4v) is 4.26. The van der Waals surface area contributed by atoms with Gasteiger partial charge in [-0.25, -0.2) is 0 Å². The van der Waals surface area contributed by atoms with Crippen LogP contribution in [0.3, 0.4) is 0 Å². The van der Waals surface area contributed by atoms with E-state index < -0.39 is 23.4 Å². The Bertz CT molecular complexity index is 1190. The molecule has 0 aliphatic carbocycles. The van der Waals surface area contributed by atoms with Crippen molar-refractivity contribution in [2.45, 2.75) is 38.9 Å². The highest BCUT2D eigenvalue weighted by atomic mass is 35.5. The normalized spacial score (nSPS) is 12.1. The van der Waals surface area contributed by atoms with Crippen molar-refractivity contribution in [3.63, 3.8) is 0 Å². The summed E-state index contributed by atoms with van der Waals surface area (Å²) in [5.41, 5.74) is 11.9. The third-order valence-electron chi connectivity index (χ3n) is 4.86. The lowest BCUT2D eigenvalue weighted by molar-refractivity contribution is -0.127. The number of halogens is 1. The predicted molar refractivity (Wildman–Crippen MR) is 133 cm³/mol. The van der Waals surface area contributed by atoms with Crippen molar-refractivity contribution in [2.75, 3.05) is 5.73 Å². The van der Waals surface area contributed by atoms with Gasteiger partial charge in [-0.3, -0.25) is 14.4 Å². The maximum Gasteiger partial charge on any atom is 0.270 e. The molecule has 3 aromatic rings. The number of amides is 3. The van der Waals surface area contributed by atoms with Crippen molar-refractivity contribution < 1.29 is 14.4 Å². The van der Waals surface area contributed by atoms with E-state index in [1.54, 1.807) is 24.3 Å². The molecule has 1 heterocycles. The summed E-state index contributed by atoms with van der Waals surface area (Å²) in [4.78, 5) is 40.5. The van der Waals surface area contributed by atoms with Crippen LogP contribution in [0, 0.1) is 0 Å². The second kappa shape index (κ2) is 10.2. The van der Waals surface area contributed by atoms with E-state index in [1.807, 2.05) is 51.1 Å². The number of nitrogens with two attached hydrogens (primary N) is 2. The Morgan fingerprint density at radius 2 is 1.71 bits per heavy atom. The van der Waals surface area contributed by atoms with Crippen LogP contribution in [0.15, 0.2) is 54.6 Å². The Balaban J connectivity index is 2.15. The smallest absolute Gasteiger partial charge is 0.270 e. The Kier molecular flexibility index (Phi) is 7.58. The maximum atomic E-state index is 13.8. The largest absolute Gasteiger partial charge is 0.395 e. The van der Waals surface area contributed by atoms with E-state index in [4.69, 9.17) is 23.1 Å². The van der Waals surface area contributed by atoms with E-state index in [-0.39, 0.29) is 28.7 Å². The standard InChI is InChI=1S/C24H26ClN5O3S/c1-24(2,3)28-22(32)19(15-9-11-16(25)12-10-15)30(13-14-7-5-4-6-8-14)23(33)20-17(26)18(21(27)31)29-34-20/h4-12,19H,13,26H2,1-3H3,(H2,27,31)(H,28,32). The Labute approximate surface area is 207 Å². The first-order valence-corrected chi connectivity index (χ1v) is 11.6. The summed E-state index contributed by atoms with van der Waals surface area (Å²) in [6, 6.07) is 15.0. The molecule has 5 N–H and O–H groups in total. The van der Waals surface area contributed by atoms with E-state index >= 15 is 0 Å². The molecule has 0 saturated heterocycles. The zero-order chi connectivity index (χ0) is 25.0. The van der Waals surface area contributed by atoms with Gasteiger partial charge in [0.1, 0.15) is 10.9 Å². The minimum Gasteiger partial charge on any atom is -0.395 e. The van der Waals surface area contributed by atoms with Crippen LogP contribution >= 0.6 is 23.1 Å². The highest BCUT2D eigenvalue weighted by Crippen LogP contribution is 2.31. The van der Waals surface area contributed by atoms with Gasteiger partial charge in [-0.2, -0.15) is 4.37 Å². The van der Waals surface area contributed by atoms with Crippen LogP contribution in [-0.4, -0.2) is 32.5 Å². The zero-order valence-electron chi connectivity index (χ0n) is 19.0. The monoisotopic (exact) mass is 499 g/mol. The van der Waals surface area contributed by atoms with Crippen LogP contribution in [0.25, 0.3) is 0 Å². The first-order valence-electron chi connectivity index (χ1n) is 10.4. The van der Waals surface area contributed by atoms with Gasteiger partial charge in [0.25, 0.3) is 11.8 Å². The molecule has 0 saturated carbocycles.